The van der Waals surface area contributed by atoms with Crippen LogP contribution in [0.25, 0.3) is 0 Å². The van der Waals surface area contributed by atoms with Gasteiger partial charge in [0.05, 0.1) is 0 Å². The molecule has 0 saturated carbocycles. The van der Waals surface area contributed by atoms with Gasteiger partial charge >= 0.3 is 0 Å². The van der Waals surface area contributed by atoms with Crippen molar-refractivity contribution in [2.24, 2.45) is 0 Å². The minimum atomic E-state index is -1.61. The first-order valence-corrected chi connectivity index (χ1v) is 3.96. The summed E-state index contributed by atoms with van der Waals surface area (Å²) >= 11 is 0. The molecule has 0 aliphatic heterocycles. The molecule has 0 spiro atoms. The molecule has 0 aliphatic rings. The zero-order valence-corrected chi connectivity index (χ0v) is 7.39. The van der Waals surface area contributed by atoms with Crippen molar-refractivity contribution in [2.75, 3.05) is 6.61 Å². The number of aliphatic hydroxyl groups excluding tert-OH is 1. The average molecular weight is 206 g/mol. The summed E-state index contributed by atoms with van der Waals surface area (Å²) in [6.45, 7) is 1.01. The lowest BCUT2D eigenvalue weighted by Gasteiger charge is -2.11. The predicted molar refractivity (Wildman–Crippen MR) is 43.5 cm³/mol. The van der Waals surface area contributed by atoms with Gasteiger partial charge in [0.15, 0.2) is 17.4 Å². The van der Waals surface area contributed by atoms with Crippen LogP contribution < -0.4 is 0 Å². The van der Waals surface area contributed by atoms with Gasteiger partial charge in [-0.1, -0.05) is 6.92 Å². The van der Waals surface area contributed by atoms with E-state index in [1.54, 1.807) is 0 Å². The molecule has 5 heteroatoms. The van der Waals surface area contributed by atoms with Gasteiger partial charge in [0.2, 0.25) is 5.82 Å². The van der Waals surface area contributed by atoms with Gasteiger partial charge in [-0.05, 0) is 11.6 Å². The van der Waals surface area contributed by atoms with Crippen molar-refractivity contribution in [3.05, 3.63) is 29.1 Å². The number of aromatic hydroxyl groups is 1. The largest absolute Gasteiger partial charge is 0.503 e. The van der Waals surface area contributed by atoms with E-state index in [1.807, 2.05) is 0 Å². The highest BCUT2D eigenvalue weighted by Crippen LogP contribution is 2.29. The Morgan fingerprint density at radius 2 is 1.86 bits per heavy atom. The molecule has 2 nitrogen and oxygen atoms in total. The Morgan fingerprint density at radius 3 is 2.36 bits per heavy atom. The Balaban J connectivity index is 3.33. The van der Waals surface area contributed by atoms with Crippen LogP contribution in [-0.2, 0) is 0 Å². The van der Waals surface area contributed by atoms with E-state index in [9.17, 15) is 13.2 Å². The Kier molecular flexibility index (Phi) is 3.00. The normalized spacial score (nSPS) is 12.9. The quantitative estimate of drug-likeness (QED) is 0.725. The van der Waals surface area contributed by atoms with Crippen LogP contribution >= 0.6 is 0 Å². The minimum absolute atomic E-state index is 0.246. The molecule has 0 amide bonds. The number of phenolic OH excluding ortho intramolecular Hbond substituents is 1. The van der Waals surface area contributed by atoms with Crippen LogP contribution in [0, 0.1) is 17.5 Å². The third-order valence-electron chi connectivity index (χ3n) is 1.97. The van der Waals surface area contributed by atoms with Gasteiger partial charge in [-0.25, -0.2) is 8.78 Å². The first-order chi connectivity index (χ1) is 6.49. The molecule has 0 saturated heterocycles. The maximum absolute atomic E-state index is 13.1. The van der Waals surface area contributed by atoms with Crippen LogP contribution in [-0.4, -0.2) is 16.8 Å². The lowest BCUT2D eigenvalue weighted by molar-refractivity contribution is 0.268. The van der Waals surface area contributed by atoms with Gasteiger partial charge in [0, 0.05) is 12.5 Å². The van der Waals surface area contributed by atoms with Crippen LogP contribution in [0.15, 0.2) is 6.07 Å². The van der Waals surface area contributed by atoms with Crippen LogP contribution in [0.4, 0.5) is 13.2 Å². The number of rotatable bonds is 2. The van der Waals surface area contributed by atoms with E-state index in [1.165, 1.54) is 6.92 Å². The second-order valence-electron chi connectivity index (χ2n) is 3.01. The maximum Gasteiger partial charge on any atom is 0.203 e. The number of hydrogen-bond acceptors (Lipinski definition) is 2. The molecule has 78 valence electrons. The summed E-state index contributed by atoms with van der Waals surface area (Å²) in [5, 5.41) is 17.5. The summed E-state index contributed by atoms with van der Waals surface area (Å²) in [5.74, 6) is -6.22. The van der Waals surface area contributed by atoms with E-state index >= 15 is 0 Å². The fourth-order valence-electron chi connectivity index (χ4n) is 1.07. The van der Waals surface area contributed by atoms with Crippen molar-refractivity contribution in [3.8, 4) is 5.75 Å². The average Bonchev–Trinajstić information content (AvgIpc) is 2.19. The Labute approximate surface area is 78.6 Å². The van der Waals surface area contributed by atoms with Crippen molar-refractivity contribution >= 4 is 0 Å². The molecule has 0 heterocycles. The van der Waals surface area contributed by atoms with Crippen LogP contribution in [0.3, 0.4) is 0 Å². The molecule has 0 fully saturated rings. The summed E-state index contributed by atoms with van der Waals surface area (Å²) in [5.41, 5.74) is -0.246. The van der Waals surface area contributed by atoms with Gasteiger partial charge in [-0.3, -0.25) is 0 Å². The van der Waals surface area contributed by atoms with Crippen LogP contribution in [0.5, 0.6) is 5.75 Å². The molecule has 0 aromatic heterocycles. The summed E-state index contributed by atoms with van der Waals surface area (Å²) in [4.78, 5) is 0. The van der Waals surface area contributed by atoms with Crippen LogP contribution in [0.2, 0.25) is 0 Å². The smallest absolute Gasteiger partial charge is 0.203 e. The maximum atomic E-state index is 13.1. The van der Waals surface area contributed by atoms with E-state index in [0.29, 0.717) is 6.07 Å². The highest BCUT2D eigenvalue weighted by Gasteiger charge is 2.20. The molecular formula is C9H9F3O2. The summed E-state index contributed by atoms with van der Waals surface area (Å²) < 4.78 is 38.5. The van der Waals surface area contributed by atoms with E-state index in [0.717, 1.165) is 0 Å². The zero-order valence-electron chi connectivity index (χ0n) is 7.39. The van der Waals surface area contributed by atoms with Crippen molar-refractivity contribution in [2.45, 2.75) is 12.8 Å². The molecule has 1 unspecified atom stereocenters. The molecular weight excluding hydrogens is 197 g/mol. The van der Waals surface area contributed by atoms with Crippen molar-refractivity contribution in [3.63, 3.8) is 0 Å². The third-order valence-corrected chi connectivity index (χ3v) is 1.97. The summed E-state index contributed by atoms with van der Waals surface area (Å²) in [6, 6.07) is 0.630. The molecule has 1 aromatic carbocycles. The van der Waals surface area contributed by atoms with Crippen molar-refractivity contribution < 1.29 is 23.4 Å². The standard InChI is InChI=1S/C9H9F3O2/c1-4(3-13)5-2-6(10)8(12)9(14)7(5)11/h2,4,13-14H,3H2,1H3. The topological polar surface area (TPSA) is 40.5 Å². The first-order valence-electron chi connectivity index (χ1n) is 3.96. The van der Waals surface area contributed by atoms with Crippen molar-refractivity contribution in [1.82, 2.24) is 0 Å². The molecule has 1 aromatic rings. The zero-order chi connectivity index (χ0) is 10.9. The molecule has 1 atom stereocenters. The molecule has 14 heavy (non-hydrogen) atoms. The predicted octanol–water partition coefficient (Wildman–Crippen LogP) is 1.91. The highest BCUT2D eigenvalue weighted by molar-refractivity contribution is 5.34. The monoisotopic (exact) mass is 206 g/mol. The molecule has 0 aliphatic carbocycles. The Bertz CT molecular complexity index is 352. The van der Waals surface area contributed by atoms with E-state index in [2.05, 4.69) is 0 Å². The lowest BCUT2D eigenvalue weighted by Crippen LogP contribution is -2.04. The van der Waals surface area contributed by atoms with Crippen LogP contribution in [0.1, 0.15) is 18.4 Å². The van der Waals surface area contributed by atoms with Crippen molar-refractivity contribution in [1.29, 1.82) is 0 Å². The minimum Gasteiger partial charge on any atom is -0.503 e. The fourth-order valence-corrected chi connectivity index (χ4v) is 1.07. The van der Waals surface area contributed by atoms with Gasteiger partial charge < -0.3 is 10.2 Å². The van der Waals surface area contributed by atoms with E-state index in [4.69, 9.17) is 10.2 Å². The van der Waals surface area contributed by atoms with Gasteiger partial charge in [-0.15, -0.1) is 0 Å². The number of halogens is 3. The Morgan fingerprint density at radius 1 is 1.29 bits per heavy atom. The molecule has 0 bridgehead atoms. The van der Waals surface area contributed by atoms with E-state index in [-0.39, 0.29) is 5.56 Å². The van der Waals surface area contributed by atoms with Gasteiger partial charge in [0.1, 0.15) is 0 Å². The number of aliphatic hydroxyl groups is 1. The number of hydrogen-bond donors (Lipinski definition) is 2. The number of benzene rings is 1. The lowest BCUT2D eigenvalue weighted by atomic mass is 10.0. The molecule has 1 rings (SSSR count). The summed E-state index contributed by atoms with van der Waals surface area (Å²) in [6.07, 6.45) is 0. The second kappa shape index (κ2) is 3.88. The second-order valence-corrected chi connectivity index (χ2v) is 3.01. The molecule has 0 radical (unpaired) electrons. The Hall–Kier alpha value is -1.23. The third kappa shape index (κ3) is 1.68. The van der Waals surface area contributed by atoms with Gasteiger partial charge in [-0.2, -0.15) is 4.39 Å². The highest BCUT2D eigenvalue weighted by atomic mass is 19.2. The fraction of sp³-hybridized carbons (Fsp3) is 0.333. The molecule has 2 N–H and O–H groups in total. The number of phenols is 1. The van der Waals surface area contributed by atoms with Gasteiger partial charge in [0.25, 0.3) is 0 Å². The van der Waals surface area contributed by atoms with E-state index < -0.39 is 35.7 Å². The summed E-state index contributed by atoms with van der Waals surface area (Å²) in [7, 11) is 0. The first kappa shape index (κ1) is 10.8. The SMILES string of the molecule is CC(CO)c1cc(F)c(F)c(O)c1F.